The fraction of sp³-hybridized carbons (Fsp3) is 0.333. The number of benzene rings is 1. The van der Waals surface area contributed by atoms with Gasteiger partial charge in [0.25, 0.3) is 0 Å². The molecule has 0 aliphatic heterocycles. The van der Waals surface area contributed by atoms with E-state index in [0.29, 0.717) is 19.4 Å². The highest BCUT2D eigenvalue weighted by Gasteiger charge is 2.20. The van der Waals surface area contributed by atoms with Gasteiger partial charge in [-0.25, -0.2) is 19.2 Å². The monoisotopic (exact) mass is 364 g/mol. The van der Waals surface area contributed by atoms with E-state index in [1.807, 2.05) is 0 Å². The van der Waals surface area contributed by atoms with E-state index in [1.54, 1.807) is 0 Å². The molecule has 0 heterocycles. The Hall–Kier alpha value is -3.16. The van der Waals surface area contributed by atoms with Crippen LogP contribution in [0.25, 0.3) is 0 Å². The van der Waals surface area contributed by atoms with Crippen molar-refractivity contribution in [3.8, 4) is 0 Å². The number of ether oxygens (including phenoxy) is 2. The van der Waals surface area contributed by atoms with E-state index < -0.39 is 29.4 Å². The molecule has 1 aromatic rings. The molecule has 0 unspecified atom stereocenters. The van der Waals surface area contributed by atoms with Gasteiger partial charge in [-0.2, -0.15) is 0 Å². The first kappa shape index (κ1) is 20.9. The zero-order chi connectivity index (χ0) is 19.5. The average molecular weight is 364 g/mol. The molecule has 0 aromatic heterocycles. The lowest BCUT2D eigenvalue weighted by Crippen LogP contribution is -2.14. The Morgan fingerprint density at radius 1 is 0.885 bits per heavy atom. The standard InChI is InChI=1S/C18H20O8/c1-2-15(19)25-9-5-3-4-6-10-26-18(24)13-8-7-12(16(20)21)11-14(13)17(22)23/h2,7-8,11H,1,3-6,9-10H2,(H,20,21)(H,22,23). The van der Waals surface area contributed by atoms with E-state index in [1.165, 1.54) is 0 Å². The SMILES string of the molecule is C=CC(=O)OCCCCCCOC(=O)c1ccc(C(=O)O)cc1C(=O)O. The summed E-state index contributed by atoms with van der Waals surface area (Å²) in [6.45, 7) is 3.68. The van der Waals surface area contributed by atoms with Gasteiger partial charge in [0.2, 0.25) is 0 Å². The fourth-order valence-electron chi connectivity index (χ4n) is 2.06. The summed E-state index contributed by atoms with van der Waals surface area (Å²) in [5.41, 5.74) is -0.839. The van der Waals surface area contributed by atoms with Crippen molar-refractivity contribution in [1.82, 2.24) is 0 Å². The van der Waals surface area contributed by atoms with Gasteiger partial charge in [-0.1, -0.05) is 6.58 Å². The van der Waals surface area contributed by atoms with E-state index in [0.717, 1.165) is 37.1 Å². The Balaban J connectivity index is 2.42. The van der Waals surface area contributed by atoms with Crippen molar-refractivity contribution in [2.45, 2.75) is 25.7 Å². The first-order valence-electron chi connectivity index (χ1n) is 7.93. The van der Waals surface area contributed by atoms with Crippen LogP contribution in [0.4, 0.5) is 0 Å². The second-order valence-corrected chi connectivity index (χ2v) is 5.29. The third-order valence-electron chi connectivity index (χ3n) is 3.40. The van der Waals surface area contributed by atoms with Crippen molar-refractivity contribution in [3.63, 3.8) is 0 Å². The predicted molar refractivity (Wildman–Crippen MR) is 90.3 cm³/mol. The summed E-state index contributed by atoms with van der Waals surface area (Å²) < 4.78 is 9.85. The highest BCUT2D eigenvalue weighted by atomic mass is 16.5. The molecule has 0 saturated heterocycles. The van der Waals surface area contributed by atoms with Gasteiger partial charge in [0.05, 0.1) is 29.9 Å². The maximum absolute atomic E-state index is 12.0. The zero-order valence-electron chi connectivity index (χ0n) is 14.1. The Kier molecular flexibility index (Phi) is 8.56. The van der Waals surface area contributed by atoms with Crippen molar-refractivity contribution >= 4 is 23.9 Å². The third kappa shape index (κ3) is 6.76. The predicted octanol–water partition coefficient (Wildman–Crippen LogP) is 2.53. The van der Waals surface area contributed by atoms with Crippen LogP contribution in [-0.2, 0) is 14.3 Å². The number of carbonyl (C=O) groups is 4. The van der Waals surface area contributed by atoms with Gasteiger partial charge in [0, 0.05) is 6.08 Å². The molecule has 0 aliphatic rings. The molecule has 0 radical (unpaired) electrons. The minimum Gasteiger partial charge on any atom is -0.478 e. The lowest BCUT2D eigenvalue weighted by atomic mass is 10.0. The molecule has 0 amide bonds. The molecule has 26 heavy (non-hydrogen) atoms. The Bertz CT molecular complexity index is 692. The van der Waals surface area contributed by atoms with Crippen LogP contribution in [-0.4, -0.2) is 47.3 Å². The van der Waals surface area contributed by atoms with Crippen LogP contribution in [0.3, 0.4) is 0 Å². The highest BCUT2D eigenvalue weighted by molar-refractivity contribution is 6.04. The number of carboxylic acid groups (broad SMARTS) is 2. The van der Waals surface area contributed by atoms with Crippen LogP contribution in [0, 0.1) is 0 Å². The number of carbonyl (C=O) groups excluding carboxylic acids is 2. The van der Waals surface area contributed by atoms with Crippen LogP contribution in [0.15, 0.2) is 30.9 Å². The summed E-state index contributed by atoms with van der Waals surface area (Å²) in [5, 5.41) is 18.0. The third-order valence-corrected chi connectivity index (χ3v) is 3.40. The molecule has 2 N–H and O–H groups in total. The molecule has 8 heteroatoms. The van der Waals surface area contributed by atoms with Crippen LogP contribution >= 0.6 is 0 Å². The maximum Gasteiger partial charge on any atom is 0.339 e. The van der Waals surface area contributed by atoms with Crippen molar-refractivity contribution in [3.05, 3.63) is 47.5 Å². The number of hydrogen-bond donors (Lipinski definition) is 2. The van der Waals surface area contributed by atoms with Gasteiger partial charge in [-0.05, 0) is 43.9 Å². The summed E-state index contributed by atoms with van der Waals surface area (Å²) in [7, 11) is 0. The number of hydrogen-bond acceptors (Lipinski definition) is 6. The van der Waals surface area contributed by atoms with E-state index in [2.05, 4.69) is 6.58 Å². The number of esters is 2. The molecule has 140 valence electrons. The molecule has 0 fully saturated rings. The largest absolute Gasteiger partial charge is 0.478 e. The van der Waals surface area contributed by atoms with Gasteiger partial charge in [-0.15, -0.1) is 0 Å². The molecule has 0 saturated carbocycles. The Morgan fingerprint density at radius 3 is 2.04 bits per heavy atom. The highest BCUT2D eigenvalue weighted by Crippen LogP contribution is 2.14. The number of rotatable bonds is 11. The molecule has 1 aromatic carbocycles. The smallest absolute Gasteiger partial charge is 0.339 e. The topological polar surface area (TPSA) is 127 Å². The summed E-state index contributed by atoms with van der Waals surface area (Å²) in [4.78, 5) is 44.9. The minimum absolute atomic E-state index is 0.102. The zero-order valence-corrected chi connectivity index (χ0v) is 14.1. The van der Waals surface area contributed by atoms with Crippen molar-refractivity contribution in [2.24, 2.45) is 0 Å². The van der Waals surface area contributed by atoms with E-state index in [-0.39, 0.29) is 17.7 Å². The molecule has 1 rings (SSSR count). The van der Waals surface area contributed by atoms with Gasteiger partial charge < -0.3 is 19.7 Å². The molecule has 8 nitrogen and oxygen atoms in total. The molecule has 0 bridgehead atoms. The normalized spacial score (nSPS) is 10.0. The number of aromatic carboxylic acids is 2. The first-order chi connectivity index (χ1) is 12.4. The lowest BCUT2D eigenvalue weighted by Gasteiger charge is -2.08. The fourth-order valence-corrected chi connectivity index (χ4v) is 2.06. The van der Waals surface area contributed by atoms with Crippen molar-refractivity contribution < 1.29 is 38.9 Å². The number of unbranched alkanes of at least 4 members (excludes halogenated alkanes) is 3. The summed E-state index contributed by atoms with van der Waals surface area (Å²) in [5.74, 6) is -3.98. The van der Waals surface area contributed by atoms with Crippen LogP contribution < -0.4 is 0 Å². The first-order valence-corrected chi connectivity index (χ1v) is 7.93. The lowest BCUT2D eigenvalue weighted by molar-refractivity contribution is -0.137. The van der Waals surface area contributed by atoms with E-state index >= 15 is 0 Å². The Morgan fingerprint density at radius 2 is 1.50 bits per heavy atom. The van der Waals surface area contributed by atoms with Gasteiger partial charge in [0.15, 0.2) is 0 Å². The summed E-state index contributed by atoms with van der Waals surface area (Å²) in [6, 6.07) is 3.20. The summed E-state index contributed by atoms with van der Waals surface area (Å²) in [6.07, 6.45) is 3.84. The Labute approximate surface area is 150 Å². The molecule has 0 atom stereocenters. The maximum atomic E-state index is 12.0. The van der Waals surface area contributed by atoms with Crippen molar-refractivity contribution in [1.29, 1.82) is 0 Å². The second-order valence-electron chi connectivity index (χ2n) is 5.29. The number of carboxylic acids is 2. The minimum atomic E-state index is -1.41. The molecule has 0 spiro atoms. The summed E-state index contributed by atoms with van der Waals surface area (Å²) >= 11 is 0. The van der Waals surface area contributed by atoms with Crippen LogP contribution in [0.5, 0.6) is 0 Å². The van der Waals surface area contributed by atoms with E-state index in [4.69, 9.17) is 19.7 Å². The average Bonchev–Trinajstić information content (AvgIpc) is 2.62. The quantitative estimate of drug-likeness (QED) is 0.348. The van der Waals surface area contributed by atoms with Crippen molar-refractivity contribution in [2.75, 3.05) is 13.2 Å². The van der Waals surface area contributed by atoms with E-state index in [9.17, 15) is 19.2 Å². The second kappa shape index (κ2) is 10.7. The van der Waals surface area contributed by atoms with Crippen LogP contribution in [0.2, 0.25) is 0 Å². The van der Waals surface area contributed by atoms with Gasteiger partial charge in [0.1, 0.15) is 0 Å². The molecular weight excluding hydrogens is 344 g/mol. The van der Waals surface area contributed by atoms with Gasteiger partial charge in [-0.3, -0.25) is 0 Å². The van der Waals surface area contributed by atoms with Crippen LogP contribution in [0.1, 0.15) is 56.8 Å². The van der Waals surface area contributed by atoms with Gasteiger partial charge >= 0.3 is 23.9 Å². The molecule has 0 aliphatic carbocycles. The molecular formula is C18H20O8.